The molecule has 0 bridgehead atoms. The first-order valence-corrected chi connectivity index (χ1v) is 9.75. The van der Waals surface area contributed by atoms with Crippen LogP contribution in [0.15, 0.2) is 54.6 Å². The Morgan fingerprint density at radius 3 is 2.31 bits per heavy atom. The lowest BCUT2D eigenvalue weighted by atomic mass is 9.89. The Bertz CT molecular complexity index is 690. The molecule has 1 N–H and O–H groups in total. The topological polar surface area (TPSA) is 40.5 Å². The Labute approximate surface area is 156 Å². The molecule has 1 heterocycles. The molecule has 2 aromatic rings. The molecule has 138 valence electrons. The number of aryl methyl sites for hydroxylation is 2. The number of hydrogen-bond acceptors (Lipinski definition) is 2. The van der Waals surface area contributed by atoms with Gasteiger partial charge in [-0.1, -0.05) is 54.6 Å². The molecule has 26 heavy (non-hydrogen) atoms. The van der Waals surface area contributed by atoms with E-state index in [0.29, 0.717) is 5.92 Å². The number of carbonyl (C=O) groups excluding carboxylic acids is 1. The zero-order valence-corrected chi connectivity index (χ0v) is 15.4. The molecular weight excluding hydrogens is 322 g/mol. The van der Waals surface area contributed by atoms with Gasteiger partial charge in [-0.2, -0.15) is 0 Å². The van der Waals surface area contributed by atoms with Crippen molar-refractivity contribution in [1.29, 1.82) is 0 Å². The van der Waals surface area contributed by atoms with Crippen molar-refractivity contribution in [3.05, 3.63) is 71.3 Å². The number of aliphatic hydroxyl groups is 1. The first-order valence-electron chi connectivity index (χ1n) is 9.75. The van der Waals surface area contributed by atoms with Gasteiger partial charge in [0.15, 0.2) is 0 Å². The molecule has 0 unspecified atom stereocenters. The summed E-state index contributed by atoms with van der Waals surface area (Å²) in [6.07, 6.45) is 5.63. The van der Waals surface area contributed by atoms with Gasteiger partial charge in [-0.3, -0.25) is 4.79 Å². The van der Waals surface area contributed by atoms with Gasteiger partial charge in [0, 0.05) is 19.5 Å². The Balaban J connectivity index is 1.49. The van der Waals surface area contributed by atoms with Crippen LogP contribution in [-0.4, -0.2) is 35.6 Å². The van der Waals surface area contributed by atoms with E-state index in [1.54, 1.807) is 0 Å². The van der Waals surface area contributed by atoms with Crippen LogP contribution < -0.4 is 0 Å². The van der Waals surface area contributed by atoms with Gasteiger partial charge in [-0.15, -0.1) is 0 Å². The smallest absolute Gasteiger partial charge is 0.224 e. The number of nitrogens with zero attached hydrogens (tertiary/aromatic N) is 1. The van der Waals surface area contributed by atoms with E-state index in [9.17, 15) is 4.79 Å². The Morgan fingerprint density at radius 1 is 0.923 bits per heavy atom. The predicted octanol–water partition coefficient (Wildman–Crippen LogP) is 3.64. The minimum Gasteiger partial charge on any atom is -0.396 e. The van der Waals surface area contributed by atoms with E-state index >= 15 is 0 Å². The highest BCUT2D eigenvalue weighted by molar-refractivity contribution is 5.76. The van der Waals surface area contributed by atoms with E-state index in [1.807, 2.05) is 4.90 Å². The van der Waals surface area contributed by atoms with Crippen LogP contribution in [0.1, 0.15) is 36.0 Å². The van der Waals surface area contributed by atoms with Gasteiger partial charge >= 0.3 is 0 Å². The first kappa shape index (κ1) is 18.7. The van der Waals surface area contributed by atoms with Gasteiger partial charge in [-0.05, 0) is 54.7 Å². The highest BCUT2D eigenvalue weighted by Gasteiger charge is 2.22. The Hall–Kier alpha value is -2.13. The molecule has 1 amide bonds. The van der Waals surface area contributed by atoms with Crippen molar-refractivity contribution in [3.63, 3.8) is 0 Å². The maximum absolute atomic E-state index is 11.9. The van der Waals surface area contributed by atoms with Crippen molar-refractivity contribution in [1.82, 2.24) is 4.90 Å². The first-order chi connectivity index (χ1) is 12.7. The molecule has 0 spiro atoms. The second-order valence-electron chi connectivity index (χ2n) is 7.31. The maximum atomic E-state index is 11.9. The van der Waals surface area contributed by atoms with Crippen LogP contribution in [0.3, 0.4) is 0 Å². The molecule has 0 atom stereocenters. The van der Waals surface area contributed by atoms with Crippen LogP contribution in [0.5, 0.6) is 0 Å². The van der Waals surface area contributed by atoms with Crippen LogP contribution in [0.2, 0.25) is 0 Å². The van der Waals surface area contributed by atoms with Crippen molar-refractivity contribution in [3.8, 4) is 0 Å². The fourth-order valence-electron chi connectivity index (χ4n) is 3.82. The van der Waals surface area contributed by atoms with E-state index in [1.165, 1.54) is 16.7 Å². The number of hydrogen-bond donors (Lipinski definition) is 1. The molecule has 0 saturated carbocycles. The summed E-state index contributed by atoms with van der Waals surface area (Å²) in [5, 5.41) is 8.91. The lowest BCUT2D eigenvalue weighted by Crippen LogP contribution is -2.39. The summed E-state index contributed by atoms with van der Waals surface area (Å²) < 4.78 is 0. The molecule has 0 aromatic heterocycles. The van der Waals surface area contributed by atoms with E-state index in [0.717, 1.165) is 45.2 Å². The third-order valence-electron chi connectivity index (χ3n) is 5.35. The molecule has 2 aromatic carbocycles. The highest BCUT2D eigenvalue weighted by atomic mass is 16.3. The number of rotatable bonds is 7. The van der Waals surface area contributed by atoms with E-state index in [2.05, 4.69) is 54.6 Å². The molecule has 1 aliphatic heterocycles. The minimum absolute atomic E-state index is 0.0471. The monoisotopic (exact) mass is 351 g/mol. The van der Waals surface area contributed by atoms with Gasteiger partial charge in [0.1, 0.15) is 0 Å². The normalized spacial score (nSPS) is 15.2. The van der Waals surface area contributed by atoms with Crippen molar-refractivity contribution >= 4 is 5.91 Å². The summed E-state index contributed by atoms with van der Waals surface area (Å²) in [5.41, 5.74) is 4.20. The number of amides is 1. The molecule has 0 aliphatic carbocycles. The van der Waals surface area contributed by atoms with Gasteiger partial charge in [0.25, 0.3) is 0 Å². The van der Waals surface area contributed by atoms with E-state index in [-0.39, 0.29) is 18.9 Å². The Kier molecular flexibility index (Phi) is 6.84. The summed E-state index contributed by atoms with van der Waals surface area (Å²) in [6.45, 7) is 1.61. The van der Waals surface area contributed by atoms with Crippen molar-refractivity contribution < 1.29 is 9.90 Å². The second kappa shape index (κ2) is 9.54. The van der Waals surface area contributed by atoms with Crippen LogP contribution in [-0.2, 0) is 24.1 Å². The average molecular weight is 351 g/mol. The zero-order chi connectivity index (χ0) is 18.2. The average Bonchev–Trinajstić information content (AvgIpc) is 2.68. The minimum atomic E-state index is -0.0471. The van der Waals surface area contributed by atoms with Crippen LogP contribution in [0, 0.1) is 5.92 Å². The van der Waals surface area contributed by atoms with Gasteiger partial charge < -0.3 is 10.0 Å². The molecular formula is C23H29NO2. The second-order valence-corrected chi connectivity index (χ2v) is 7.31. The maximum Gasteiger partial charge on any atom is 0.224 e. The van der Waals surface area contributed by atoms with Gasteiger partial charge in [-0.25, -0.2) is 0 Å². The third-order valence-corrected chi connectivity index (χ3v) is 5.35. The molecule has 0 radical (unpaired) electrons. The number of aliphatic hydroxyl groups excluding tert-OH is 1. The molecule has 3 rings (SSSR count). The van der Waals surface area contributed by atoms with Crippen LogP contribution >= 0.6 is 0 Å². The highest BCUT2D eigenvalue weighted by Crippen LogP contribution is 2.23. The molecule has 1 saturated heterocycles. The molecule has 1 aliphatic rings. The largest absolute Gasteiger partial charge is 0.396 e. The summed E-state index contributed by atoms with van der Waals surface area (Å²) in [6, 6.07) is 19.6. The predicted molar refractivity (Wildman–Crippen MR) is 105 cm³/mol. The third kappa shape index (κ3) is 5.43. The number of likely N-dealkylation sites (tertiary alicyclic amines) is 1. The number of carbonyl (C=O) groups is 1. The lowest BCUT2D eigenvalue weighted by molar-refractivity contribution is -0.133. The summed E-state index contributed by atoms with van der Waals surface area (Å²) in [4.78, 5) is 13.8. The number of piperidine rings is 1. The zero-order valence-electron chi connectivity index (χ0n) is 15.4. The van der Waals surface area contributed by atoms with E-state index < -0.39 is 0 Å². The SMILES string of the molecule is O=C(CCO)N1CCC(Cc2cccc(CCc3ccccc3)c2)CC1. The van der Waals surface area contributed by atoms with Crippen molar-refractivity contribution in [2.75, 3.05) is 19.7 Å². The standard InChI is InChI=1S/C23H29NO2/c25-16-13-23(26)24-14-11-21(12-15-24)18-22-8-4-7-20(17-22)10-9-19-5-2-1-3-6-19/h1-8,17,21,25H,9-16,18H2. The fourth-order valence-corrected chi connectivity index (χ4v) is 3.82. The van der Waals surface area contributed by atoms with Crippen LogP contribution in [0.4, 0.5) is 0 Å². The fraction of sp³-hybridized carbons (Fsp3) is 0.435. The van der Waals surface area contributed by atoms with E-state index in [4.69, 9.17) is 5.11 Å². The van der Waals surface area contributed by atoms with Crippen LogP contribution in [0.25, 0.3) is 0 Å². The van der Waals surface area contributed by atoms with Gasteiger partial charge in [0.2, 0.25) is 5.91 Å². The summed E-state index contributed by atoms with van der Waals surface area (Å²) >= 11 is 0. The van der Waals surface area contributed by atoms with Gasteiger partial charge in [0.05, 0.1) is 6.61 Å². The summed E-state index contributed by atoms with van der Waals surface area (Å²) in [5.74, 6) is 0.742. The lowest BCUT2D eigenvalue weighted by Gasteiger charge is -2.32. The molecule has 3 nitrogen and oxygen atoms in total. The van der Waals surface area contributed by atoms with Crippen molar-refractivity contribution in [2.45, 2.75) is 38.5 Å². The molecule has 3 heteroatoms. The number of benzene rings is 2. The summed E-state index contributed by atoms with van der Waals surface area (Å²) in [7, 11) is 0. The Morgan fingerprint density at radius 2 is 1.58 bits per heavy atom. The molecule has 1 fully saturated rings. The quantitative estimate of drug-likeness (QED) is 0.827. The van der Waals surface area contributed by atoms with Crippen molar-refractivity contribution in [2.24, 2.45) is 5.92 Å².